The molecule has 0 bridgehead atoms. The highest BCUT2D eigenvalue weighted by molar-refractivity contribution is 9.10. The monoisotopic (exact) mass is 311 g/mol. The van der Waals surface area contributed by atoms with E-state index in [9.17, 15) is 4.79 Å². The van der Waals surface area contributed by atoms with Crippen molar-refractivity contribution in [2.45, 2.75) is 12.2 Å². The normalized spacial score (nSPS) is 22.4. The predicted molar refractivity (Wildman–Crippen MR) is 74.4 cm³/mol. The first-order valence-corrected chi connectivity index (χ1v) is 6.66. The Morgan fingerprint density at radius 1 is 1.53 bits per heavy atom. The third kappa shape index (κ3) is 3.41. The molecule has 0 radical (unpaired) electrons. The van der Waals surface area contributed by atoms with Crippen LogP contribution in [0.1, 0.15) is 12.5 Å². The van der Waals surface area contributed by atoms with Crippen molar-refractivity contribution in [2.75, 3.05) is 0 Å². The summed E-state index contributed by atoms with van der Waals surface area (Å²) < 4.78 is 0.992. The van der Waals surface area contributed by atoms with Gasteiger partial charge in [-0.1, -0.05) is 39.8 Å². The number of benzene rings is 1. The molecule has 1 N–H and O–H groups in total. The van der Waals surface area contributed by atoms with E-state index >= 15 is 0 Å². The molecule has 1 atom stereocenters. The number of amides is 1. The summed E-state index contributed by atoms with van der Waals surface area (Å²) in [6.07, 6.45) is 1.65. The SMILES string of the molecule is C[C@H]1SC(=NN=Cc2cccc(Br)c2)NC1=O. The van der Waals surface area contributed by atoms with E-state index in [0.29, 0.717) is 5.17 Å². The van der Waals surface area contributed by atoms with Gasteiger partial charge in [0.25, 0.3) is 0 Å². The van der Waals surface area contributed by atoms with Crippen molar-refractivity contribution in [2.24, 2.45) is 10.2 Å². The van der Waals surface area contributed by atoms with Gasteiger partial charge in [0.2, 0.25) is 5.91 Å². The molecule has 17 heavy (non-hydrogen) atoms. The molecule has 1 heterocycles. The first-order valence-electron chi connectivity index (χ1n) is 4.99. The second kappa shape index (κ2) is 5.46. The summed E-state index contributed by atoms with van der Waals surface area (Å²) in [4.78, 5) is 11.2. The second-order valence-electron chi connectivity index (χ2n) is 3.45. The highest BCUT2D eigenvalue weighted by Crippen LogP contribution is 2.18. The molecule has 2 rings (SSSR count). The largest absolute Gasteiger partial charge is 0.303 e. The molecule has 88 valence electrons. The summed E-state index contributed by atoms with van der Waals surface area (Å²) in [5, 5.41) is 11.0. The Kier molecular flexibility index (Phi) is 3.96. The number of hydrogen-bond acceptors (Lipinski definition) is 4. The van der Waals surface area contributed by atoms with E-state index < -0.39 is 0 Å². The quantitative estimate of drug-likeness (QED) is 0.673. The first kappa shape index (κ1) is 12.3. The molecule has 1 amide bonds. The van der Waals surface area contributed by atoms with Crippen molar-refractivity contribution < 1.29 is 4.79 Å². The van der Waals surface area contributed by atoms with Crippen molar-refractivity contribution in [1.29, 1.82) is 0 Å². The number of rotatable bonds is 2. The molecule has 1 fully saturated rings. The molecular weight excluding hydrogens is 302 g/mol. The van der Waals surface area contributed by atoms with Gasteiger partial charge in [-0.05, 0) is 24.6 Å². The van der Waals surface area contributed by atoms with Gasteiger partial charge in [0.1, 0.15) is 0 Å². The lowest BCUT2D eigenvalue weighted by Gasteiger charge is -1.92. The van der Waals surface area contributed by atoms with Crippen LogP contribution in [0.5, 0.6) is 0 Å². The minimum atomic E-state index is -0.0881. The molecule has 6 heteroatoms. The third-order valence-electron chi connectivity index (χ3n) is 2.09. The number of amidine groups is 1. The van der Waals surface area contributed by atoms with Crippen LogP contribution in [-0.4, -0.2) is 22.5 Å². The van der Waals surface area contributed by atoms with Crippen LogP contribution in [0.15, 0.2) is 38.9 Å². The van der Waals surface area contributed by atoms with Crippen LogP contribution in [0.2, 0.25) is 0 Å². The van der Waals surface area contributed by atoms with Crippen LogP contribution in [0, 0.1) is 0 Å². The number of nitrogens with zero attached hydrogens (tertiary/aromatic N) is 2. The molecule has 0 aliphatic carbocycles. The van der Waals surface area contributed by atoms with E-state index in [1.807, 2.05) is 31.2 Å². The zero-order valence-electron chi connectivity index (χ0n) is 9.05. The minimum Gasteiger partial charge on any atom is -0.303 e. The van der Waals surface area contributed by atoms with Gasteiger partial charge in [-0.15, -0.1) is 5.10 Å². The summed E-state index contributed by atoms with van der Waals surface area (Å²) in [7, 11) is 0. The number of thioether (sulfide) groups is 1. The topological polar surface area (TPSA) is 53.8 Å². The zero-order valence-corrected chi connectivity index (χ0v) is 11.5. The fourth-order valence-electron chi connectivity index (χ4n) is 1.24. The molecule has 1 aliphatic rings. The number of carbonyl (C=O) groups is 1. The predicted octanol–water partition coefficient (Wildman–Crippen LogP) is 2.39. The summed E-state index contributed by atoms with van der Waals surface area (Å²) in [6, 6.07) is 7.73. The highest BCUT2D eigenvalue weighted by atomic mass is 79.9. The molecule has 0 unspecified atom stereocenters. The Hall–Kier alpha value is -1.14. The zero-order chi connectivity index (χ0) is 12.3. The standard InChI is InChI=1S/C11H10BrN3OS/c1-7-10(16)14-11(17-7)15-13-6-8-3-2-4-9(12)5-8/h2-7H,1H3,(H,14,15,16)/t7-/m1/s1. The Balaban J connectivity index is 2.03. The van der Waals surface area contributed by atoms with E-state index in [-0.39, 0.29) is 11.2 Å². The van der Waals surface area contributed by atoms with Crippen molar-refractivity contribution in [3.63, 3.8) is 0 Å². The molecule has 1 aliphatic heterocycles. The van der Waals surface area contributed by atoms with Gasteiger partial charge in [-0.25, -0.2) is 0 Å². The molecule has 0 saturated carbocycles. The van der Waals surface area contributed by atoms with E-state index in [0.717, 1.165) is 10.0 Å². The average Bonchev–Trinajstić information content (AvgIpc) is 2.58. The fourth-order valence-corrected chi connectivity index (χ4v) is 2.41. The van der Waals surface area contributed by atoms with E-state index in [1.54, 1.807) is 6.21 Å². The third-order valence-corrected chi connectivity index (χ3v) is 3.56. The number of carbonyl (C=O) groups excluding carboxylic acids is 1. The molecule has 0 spiro atoms. The maximum atomic E-state index is 11.2. The number of nitrogens with one attached hydrogen (secondary N) is 1. The van der Waals surface area contributed by atoms with Gasteiger partial charge >= 0.3 is 0 Å². The second-order valence-corrected chi connectivity index (χ2v) is 5.70. The average molecular weight is 312 g/mol. The summed E-state index contributed by atoms with van der Waals surface area (Å²) in [5.41, 5.74) is 0.950. The van der Waals surface area contributed by atoms with Gasteiger partial charge in [-0.3, -0.25) is 4.79 Å². The van der Waals surface area contributed by atoms with Gasteiger partial charge in [0.15, 0.2) is 5.17 Å². The molecular formula is C11H10BrN3OS. The van der Waals surface area contributed by atoms with Crippen molar-refractivity contribution in [3.05, 3.63) is 34.3 Å². The van der Waals surface area contributed by atoms with Gasteiger partial charge in [-0.2, -0.15) is 5.10 Å². The van der Waals surface area contributed by atoms with Crippen LogP contribution >= 0.6 is 27.7 Å². The van der Waals surface area contributed by atoms with Gasteiger partial charge < -0.3 is 5.32 Å². The lowest BCUT2D eigenvalue weighted by atomic mass is 10.2. The minimum absolute atomic E-state index is 0.0218. The lowest BCUT2D eigenvalue weighted by molar-refractivity contribution is -0.118. The van der Waals surface area contributed by atoms with Crippen LogP contribution < -0.4 is 5.32 Å². The van der Waals surface area contributed by atoms with Crippen molar-refractivity contribution in [1.82, 2.24) is 5.32 Å². The van der Waals surface area contributed by atoms with Crippen LogP contribution in [-0.2, 0) is 4.79 Å². The highest BCUT2D eigenvalue weighted by Gasteiger charge is 2.25. The van der Waals surface area contributed by atoms with Gasteiger partial charge in [0.05, 0.1) is 11.5 Å². The Morgan fingerprint density at radius 3 is 3.00 bits per heavy atom. The van der Waals surface area contributed by atoms with Crippen LogP contribution in [0.4, 0.5) is 0 Å². The lowest BCUT2D eigenvalue weighted by Crippen LogP contribution is -2.23. The summed E-state index contributed by atoms with van der Waals surface area (Å²) in [6.45, 7) is 1.83. The maximum Gasteiger partial charge on any atom is 0.239 e. The van der Waals surface area contributed by atoms with Crippen molar-refractivity contribution in [3.8, 4) is 0 Å². The fraction of sp³-hybridized carbons (Fsp3) is 0.182. The first-order chi connectivity index (χ1) is 8.15. The Morgan fingerprint density at radius 2 is 2.35 bits per heavy atom. The Labute approximate surface area is 112 Å². The number of hydrogen-bond donors (Lipinski definition) is 1. The molecule has 0 aromatic heterocycles. The molecule has 1 saturated heterocycles. The Bertz CT molecular complexity index is 501. The van der Waals surface area contributed by atoms with Crippen LogP contribution in [0.3, 0.4) is 0 Å². The van der Waals surface area contributed by atoms with Crippen LogP contribution in [0.25, 0.3) is 0 Å². The van der Waals surface area contributed by atoms with Gasteiger partial charge in [0, 0.05) is 4.47 Å². The summed E-state index contributed by atoms with van der Waals surface area (Å²) in [5.74, 6) is -0.0218. The van der Waals surface area contributed by atoms with E-state index in [2.05, 4.69) is 31.4 Å². The molecule has 4 nitrogen and oxygen atoms in total. The molecule has 1 aromatic rings. The molecule has 1 aromatic carbocycles. The van der Waals surface area contributed by atoms with Crippen molar-refractivity contribution >= 4 is 45.0 Å². The van der Waals surface area contributed by atoms with E-state index in [1.165, 1.54) is 11.8 Å². The maximum absolute atomic E-state index is 11.2. The number of halogens is 1. The van der Waals surface area contributed by atoms with E-state index in [4.69, 9.17) is 0 Å². The smallest absolute Gasteiger partial charge is 0.239 e. The summed E-state index contributed by atoms with van der Waals surface area (Å²) >= 11 is 4.76.